The first-order valence-corrected chi connectivity index (χ1v) is 5.47. The fourth-order valence-corrected chi connectivity index (χ4v) is 1.89. The van der Waals surface area contributed by atoms with Gasteiger partial charge in [0, 0.05) is 18.8 Å². The zero-order valence-corrected chi connectivity index (χ0v) is 9.54. The van der Waals surface area contributed by atoms with E-state index in [0.717, 1.165) is 5.69 Å². The minimum Gasteiger partial charge on any atom is -0.480 e. The number of hydrogen-bond donors (Lipinski definition) is 1. The minimum atomic E-state index is -0.978. The van der Waals surface area contributed by atoms with Crippen molar-refractivity contribution in [3.63, 3.8) is 0 Å². The number of aliphatic carboxylic acids is 1. The molecule has 1 atom stereocenters. The lowest BCUT2D eigenvalue weighted by Gasteiger charge is -2.21. The third-order valence-corrected chi connectivity index (χ3v) is 2.93. The Balaban J connectivity index is 2.16. The Morgan fingerprint density at radius 2 is 1.94 bits per heavy atom. The molecule has 2 rings (SSSR count). The molecule has 0 aliphatic carbocycles. The number of urea groups is 1. The molecule has 1 N–H and O–H groups in total. The summed E-state index contributed by atoms with van der Waals surface area (Å²) in [5, 5.41) is 8.90. The van der Waals surface area contributed by atoms with Gasteiger partial charge in [0.25, 0.3) is 0 Å². The van der Waals surface area contributed by atoms with Crippen LogP contribution < -0.4 is 4.90 Å². The first kappa shape index (κ1) is 11.4. The van der Waals surface area contributed by atoms with Gasteiger partial charge >= 0.3 is 12.0 Å². The topological polar surface area (TPSA) is 60.9 Å². The minimum absolute atomic E-state index is 0.244. The van der Waals surface area contributed by atoms with Crippen LogP contribution in [0, 0.1) is 0 Å². The number of carbonyl (C=O) groups is 2. The molecule has 17 heavy (non-hydrogen) atoms. The van der Waals surface area contributed by atoms with Gasteiger partial charge in [-0.3, -0.25) is 4.90 Å². The highest BCUT2D eigenvalue weighted by Crippen LogP contribution is 2.21. The maximum absolute atomic E-state index is 12.0. The number of amides is 2. The maximum Gasteiger partial charge on any atom is 0.326 e. The number of carbonyl (C=O) groups excluding carboxylic acids is 1. The summed E-state index contributed by atoms with van der Waals surface area (Å²) in [6, 6.07) is 8.24. The second-order valence-corrected chi connectivity index (χ2v) is 3.98. The molecule has 0 radical (unpaired) electrons. The molecule has 1 aromatic rings. The quantitative estimate of drug-likeness (QED) is 0.860. The van der Waals surface area contributed by atoms with Crippen molar-refractivity contribution < 1.29 is 14.7 Å². The van der Waals surface area contributed by atoms with Crippen molar-refractivity contribution in [2.45, 2.75) is 13.0 Å². The average molecular weight is 234 g/mol. The number of para-hydroxylation sites is 1. The molecule has 5 heteroatoms. The van der Waals surface area contributed by atoms with Crippen LogP contribution in [0.5, 0.6) is 0 Å². The monoisotopic (exact) mass is 234 g/mol. The molecule has 1 fully saturated rings. The summed E-state index contributed by atoms with van der Waals surface area (Å²) in [5.41, 5.74) is 0.803. The molecule has 0 bridgehead atoms. The Bertz CT molecular complexity index is 433. The van der Waals surface area contributed by atoms with E-state index in [-0.39, 0.29) is 6.03 Å². The smallest absolute Gasteiger partial charge is 0.326 e. The van der Waals surface area contributed by atoms with Crippen LogP contribution in [0.4, 0.5) is 10.5 Å². The third kappa shape index (κ3) is 2.08. The SMILES string of the molecule is CC(C(=O)O)N1CCN(c2ccccc2)C1=O. The van der Waals surface area contributed by atoms with Gasteiger partial charge in [0.2, 0.25) is 0 Å². The number of carboxylic acid groups (broad SMARTS) is 1. The molecule has 1 aromatic carbocycles. The molecule has 1 aliphatic heterocycles. The maximum atomic E-state index is 12.0. The predicted molar refractivity (Wildman–Crippen MR) is 63.0 cm³/mol. The van der Waals surface area contributed by atoms with Crippen molar-refractivity contribution >= 4 is 17.7 Å². The van der Waals surface area contributed by atoms with Gasteiger partial charge in [0.05, 0.1) is 0 Å². The van der Waals surface area contributed by atoms with Crippen LogP contribution in [0.25, 0.3) is 0 Å². The van der Waals surface area contributed by atoms with Crippen molar-refractivity contribution in [1.82, 2.24) is 4.90 Å². The van der Waals surface area contributed by atoms with Crippen molar-refractivity contribution in [2.75, 3.05) is 18.0 Å². The van der Waals surface area contributed by atoms with E-state index in [2.05, 4.69) is 0 Å². The molecule has 2 amide bonds. The van der Waals surface area contributed by atoms with Crippen LogP contribution in [0.1, 0.15) is 6.92 Å². The van der Waals surface area contributed by atoms with Crippen molar-refractivity contribution in [1.29, 1.82) is 0 Å². The summed E-state index contributed by atoms with van der Waals surface area (Å²) >= 11 is 0. The molecule has 1 unspecified atom stereocenters. The van der Waals surface area contributed by atoms with Crippen molar-refractivity contribution in [2.24, 2.45) is 0 Å². The largest absolute Gasteiger partial charge is 0.480 e. The van der Waals surface area contributed by atoms with Crippen LogP contribution >= 0.6 is 0 Å². The molecule has 5 nitrogen and oxygen atoms in total. The molecule has 1 aliphatic rings. The summed E-state index contributed by atoms with van der Waals surface area (Å²) in [5.74, 6) is -0.978. The van der Waals surface area contributed by atoms with Crippen LogP contribution in [-0.2, 0) is 4.79 Å². The van der Waals surface area contributed by atoms with E-state index in [0.29, 0.717) is 13.1 Å². The van der Waals surface area contributed by atoms with E-state index < -0.39 is 12.0 Å². The zero-order chi connectivity index (χ0) is 12.4. The normalized spacial score (nSPS) is 17.4. The van der Waals surface area contributed by atoms with E-state index in [1.54, 1.807) is 4.90 Å². The Morgan fingerprint density at radius 3 is 2.53 bits per heavy atom. The fourth-order valence-electron chi connectivity index (χ4n) is 1.89. The van der Waals surface area contributed by atoms with Gasteiger partial charge in [0.1, 0.15) is 6.04 Å². The molecular formula is C12H14N2O3. The second kappa shape index (κ2) is 4.45. The Morgan fingerprint density at radius 1 is 1.29 bits per heavy atom. The first-order chi connectivity index (χ1) is 8.11. The fraction of sp³-hybridized carbons (Fsp3) is 0.333. The number of hydrogen-bond acceptors (Lipinski definition) is 2. The first-order valence-electron chi connectivity index (χ1n) is 5.47. The van der Waals surface area contributed by atoms with Crippen LogP contribution in [0.15, 0.2) is 30.3 Å². The van der Waals surface area contributed by atoms with Gasteiger partial charge < -0.3 is 10.0 Å². The van der Waals surface area contributed by atoms with Crippen molar-refractivity contribution in [3.05, 3.63) is 30.3 Å². The van der Waals surface area contributed by atoms with Gasteiger partial charge in [-0.15, -0.1) is 0 Å². The summed E-state index contributed by atoms with van der Waals surface area (Å²) in [4.78, 5) is 25.9. The number of carboxylic acids is 1. The van der Waals surface area contributed by atoms with E-state index >= 15 is 0 Å². The highest BCUT2D eigenvalue weighted by atomic mass is 16.4. The summed E-state index contributed by atoms with van der Waals surface area (Å²) in [6.45, 7) is 2.50. The number of benzene rings is 1. The Labute approximate surface area is 99.3 Å². The van der Waals surface area contributed by atoms with Gasteiger partial charge in [-0.25, -0.2) is 9.59 Å². The van der Waals surface area contributed by atoms with Crippen LogP contribution in [-0.4, -0.2) is 41.1 Å². The Hall–Kier alpha value is -2.04. The highest BCUT2D eigenvalue weighted by Gasteiger charge is 2.35. The summed E-state index contributed by atoms with van der Waals surface area (Å²) < 4.78 is 0. The van der Waals surface area contributed by atoms with Crippen molar-refractivity contribution in [3.8, 4) is 0 Å². The van der Waals surface area contributed by atoms with E-state index in [4.69, 9.17) is 5.11 Å². The molecule has 90 valence electrons. The van der Waals surface area contributed by atoms with Gasteiger partial charge in [-0.1, -0.05) is 18.2 Å². The number of anilines is 1. The average Bonchev–Trinajstić information content (AvgIpc) is 2.71. The second-order valence-electron chi connectivity index (χ2n) is 3.98. The van der Waals surface area contributed by atoms with E-state index in [1.807, 2.05) is 30.3 Å². The summed E-state index contributed by atoms with van der Waals surface area (Å²) in [7, 11) is 0. The van der Waals surface area contributed by atoms with E-state index in [1.165, 1.54) is 11.8 Å². The van der Waals surface area contributed by atoms with E-state index in [9.17, 15) is 9.59 Å². The molecule has 1 heterocycles. The van der Waals surface area contributed by atoms with Gasteiger partial charge in [-0.05, 0) is 19.1 Å². The lowest BCUT2D eigenvalue weighted by Crippen LogP contribution is -2.42. The summed E-state index contributed by atoms with van der Waals surface area (Å²) in [6.07, 6.45) is 0. The predicted octanol–water partition coefficient (Wildman–Crippen LogP) is 1.40. The van der Waals surface area contributed by atoms with Gasteiger partial charge in [0.15, 0.2) is 0 Å². The molecular weight excluding hydrogens is 220 g/mol. The molecule has 1 saturated heterocycles. The van der Waals surface area contributed by atoms with Crippen LogP contribution in [0.3, 0.4) is 0 Å². The number of nitrogens with zero attached hydrogens (tertiary/aromatic N) is 2. The lowest BCUT2D eigenvalue weighted by molar-refractivity contribution is -0.141. The third-order valence-electron chi connectivity index (χ3n) is 2.93. The zero-order valence-electron chi connectivity index (χ0n) is 9.54. The molecule has 0 spiro atoms. The molecule has 0 aromatic heterocycles. The van der Waals surface area contributed by atoms with Gasteiger partial charge in [-0.2, -0.15) is 0 Å². The highest BCUT2D eigenvalue weighted by molar-refractivity contribution is 5.96. The molecule has 0 saturated carbocycles. The lowest BCUT2D eigenvalue weighted by atomic mass is 10.3. The Kier molecular flexibility index (Phi) is 2.99. The van der Waals surface area contributed by atoms with Crippen LogP contribution in [0.2, 0.25) is 0 Å². The standard InChI is InChI=1S/C12H14N2O3/c1-9(11(15)16)13-7-8-14(12(13)17)10-5-3-2-4-6-10/h2-6,9H,7-8H2,1H3,(H,15,16). The number of rotatable bonds is 3.